The van der Waals surface area contributed by atoms with Gasteiger partial charge in [0.2, 0.25) is 11.2 Å². The molecule has 28 heavy (non-hydrogen) atoms. The summed E-state index contributed by atoms with van der Waals surface area (Å²) in [5.74, 6) is 4.27. The largest absolute Gasteiger partial charge is 0.402 e. The van der Waals surface area contributed by atoms with Crippen LogP contribution in [-0.4, -0.2) is 11.5 Å². The normalized spacial score (nSPS) is 11.6. The predicted molar refractivity (Wildman–Crippen MR) is 116 cm³/mol. The molecule has 0 fully saturated rings. The molecule has 4 aromatic rings. The maximum Gasteiger partial charge on any atom is 0.344 e. The van der Waals surface area contributed by atoms with Crippen LogP contribution in [0.25, 0.3) is 22.2 Å². The standard InChI is InChI=1S/C22H26N2O2S2/c1-17-23(19-9-3-5-11-21(19)25-17)13-7-15-27-28-16-8-14-24-18(2)26-22-12-6-4-10-20(22)24/h3-6,9-12H,7-8,13-16H2,1-2H3/q+2. The molecular formula is C22H26N2O2S2+2. The molecule has 6 heteroatoms. The van der Waals surface area contributed by atoms with Gasteiger partial charge in [0.05, 0.1) is 13.8 Å². The van der Waals surface area contributed by atoms with Crippen molar-refractivity contribution in [1.29, 1.82) is 0 Å². The van der Waals surface area contributed by atoms with E-state index in [-0.39, 0.29) is 0 Å². The predicted octanol–water partition coefficient (Wildman–Crippen LogP) is 5.23. The molecule has 0 saturated heterocycles. The van der Waals surface area contributed by atoms with Crippen LogP contribution in [0, 0.1) is 13.8 Å². The maximum atomic E-state index is 5.83. The second kappa shape index (κ2) is 9.05. The van der Waals surface area contributed by atoms with Crippen molar-refractivity contribution in [3.63, 3.8) is 0 Å². The number of hydrogen-bond donors (Lipinski definition) is 0. The average molecular weight is 415 g/mol. The highest BCUT2D eigenvalue weighted by Gasteiger charge is 2.18. The van der Waals surface area contributed by atoms with Gasteiger partial charge in [0.25, 0.3) is 11.0 Å². The van der Waals surface area contributed by atoms with Crippen LogP contribution in [-0.2, 0) is 13.1 Å². The molecule has 2 heterocycles. The van der Waals surface area contributed by atoms with E-state index in [2.05, 4.69) is 33.4 Å². The van der Waals surface area contributed by atoms with E-state index in [1.807, 2.05) is 59.7 Å². The van der Waals surface area contributed by atoms with Crippen molar-refractivity contribution in [1.82, 2.24) is 0 Å². The molecule has 0 saturated carbocycles. The third-order valence-corrected chi connectivity index (χ3v) is 7.47. The van der Waals surface area contributed by atoms with Gasteiger partial charge >= 0.3 is 11.8 Å². The Kier molecular flexibility index (Phi) is 6.27. The number of aromatic nitrogens is 2. The Bertz CT molecular complexity index is 985. The summed E-state index contributed by atoms with van der Waals surface area (Å²) in [6.45, 7) is 6.10. The van der Waals surface area contributed by atoms with Gasteiger partial charge in [-0.3, -0.25) is 0 Å². The van der Waals surface area contributed by atoms with Crippen LogP contribution in [0.4, 0.5) is 0 Å². The lowest BCUT2D eigenvalue weighted by Gasteiger charge is -1.99. The fraction of sp³-hybridized carbons (Fsp3) is 0.364. The SMILES string of the molecule is Cc1oc2ccccc2[n+]1CCCSSCCC[n+]1c(C)oc2ccccc21. The van der Waals surface area contributed by atoms with E-state index >= 15 is 0 Å². The zero-order valence-electron chi connectivity index (χ0n) is 16.4. The van der Waals surface area contributed by atoms with Crippen molar-refractivity contribution in [2.45, 2.75) is 39.8 Å². The highest BCUT2D eigenvalue weighted by Crippen LogP contribution is 2.23. The molecule has 2 aromatic heterocycles. The molecule has 0 bridgehead atoms. The van der Waals surface area contributed by atoms with Gasteiger partial charge in [0.1, 0.15) is 0 Å². The van der Waals surface area contributed by atoms with Gasteiger partial charge in [-0.1, -0.05) is 45.9 Å². The van der Waals surface area contributed by atoms with Crippen LogP contribution < -0.4 is 9.13 Å². The minimum absolute atomic E-state index is 0.974. The topological polar surface area (TPSA) is 34.0 Å². The minimum Gasteiger partial charge on any atom is -0.402 e. The summed E-state index contributed by atoms with van der Waals surface area (Å²) >= 11 is 0. The van der Waals surface area contributed by atoms with Crippen LogP contribution in [0.5, 0.6) is 0 Å². The second-order valence-electron chi connectivity index (χ2n) is 6.83. The van der Waals surface area contributed by atoms with Gasteiger partial charge in [0.15, 0.2) is 13.1 Å². The van der Waals surface area contributed by atoms with E-state index in [1.165, 1.54) is 11.0 Å². The lowest BCUT2D eigenvalue weighted by atomic mass is 10.3. The van der Waals surface area contributed by atoms with Crippen LogP contribution in [0.3, 0.4) is 0 Å². The maximum absolute atomic E-state index is 5.83. The van der Waals surface area contributed by atoms with Crippen molar-refractivity contribution >= 4 is 43.8 Å². The zero-order valence-corrected chi connectivity index (χ0v) is 18.0. The molecule has 4 nitrogen and oxygen atoms in total. The molecular weight excluding hydrogens is 388 g/mol. The van der Waals surface area contributed by atoms with E-state index < -0.39 is 0 Å². The highest BCUT2D eigenvalue weighted by molar-refractivity contribution is 8.76. The molecule has 0 unspecified atom stereocenters. The average Bonchev–Trinajstić information content (AvgIpc) is 3.19. The molecule has 0 spiro atoms. The number of nitrogens with zero attached hydrogens (tertiary/aromatic N) is 2. The minimum atomic E-state index is 0.974. The van der Waals surface area contributed by atoms with Gasteiger partial charge < -0.3 is 8.83 Å². The third-order valence-electron chi connectivity index (χ3n) is 4.89. The summed E-state index contributed by atoms with van der Waals surface area (Å²) in [6, 6.07) is 16.5. The second-order valence-corrected chi connectivity index (χ2v) is 9.53. The number of rotatable bonds is 9. The molecule has 2 aromatic carbocycles. The molecule has 0 aliphatic heterocycles. The summed E-state index contributed by atoms with van der Waals surface area (Å²) in [5, 5.41) is 0. The molecule has 0 aliphatic carbocycles. The first-order chi connectivity index (χ1) is 13.7. The summed E-state index contributed by atoms with van der Waals surface area (Å²) < 4.78 is 16.2. The van der Waals surface area contributed by atoms with Gasteiger partial charge in [-0.25, -0.2) is 0 Å². The molecule has 4 rings (SSSR count). The lowest BCUT2D eigenvalue weighted by molar-refractivity contribution is -0.682. The van der Waals surface area contributed by atoms with Crippen molar-refractivity contribution in [2.24, 2.45) is 0 Å². The van der Waals surface area contributed by atoms with Crippen molar-refractivity contribution in [3.05, 3.63) is 60.3 Å². The summed E-state index contributed by atoms with van der Waals surface area (Å²) in [6.07, 6.45) is 2.29. The number of oxazole rings is 2. The molecule has 0 atom stereocenters. The Hall–Kier alpha value is -1.92. The molecule has 0 radical (unpaired) electrons. The van der Waals surface area contributed by atoms with E-state index in [1.54, 1.807) is 0 Å². The van der Waals surface area contributed by atoms with Crippen molar-refractivity contribution in [3.8, 4) is 0 Å². The monoisotopic (exact) mass is 414 g/mol. The van der Waals surface area contributed by atoms with E-state index in [4.69, 9.17) is 8.83 Å². The number of para-hydroxylation sites is 4. The van der Waals surface area contributed by atoms with E-state index in [0.29, 0.717) is 0 Å². The fourth-order valence-electron chi connectivity index (χ4n) is 3.54. The first-order valence-electron chi connectivity index (χ1n) is 9.74. The molecule has 0 aliphatic rings. The van der Waals surface area contributed by atoms with Gasteiger partial charge in [-0.05, 0) is 12.1 Å². The van der Waals surface area contributed by atoms with Crippen LogP contribution >= 0.6 is 21.6 Å². The first kappa shape index (κ1) is 19.4. The molecule has 146 valence electrons. The Balaban J connectivity index is 1.17. The lowest BCUT2D eigenvalue weighted by Crippen LogP contribution is -2.35. The van der Waals surface area contributed by atoms with Crippen molar-refractivity contribution in [2.75, 3.05) is 11.5 Å². The van der Waals surface area contributed by atoms with Gasteiger partial charge in [-0.2, -0.15) is 9.13 Å². The molecule has 0 N–H and O–H groups in total. The summed E-state index contributed by atoms with van der Waals surface area (Å²) in [5.41, 5.74) is 4.33. The van der Waals surface area contributed by atoms with Crippen LogP contribution in [0.2, 0.25) is 0 Å². The van der Waals surface area contributed by atoms with Crippen LogP contribution in [0.15, 0.2) is 57.4 Å². The smallest absolute Gasteiger partial charge is 0.344 e. The van der Waals surface area contributed by atoms with Gasteiger partial charge in [0, 0.05) is 36.5 Å². The number of benzene rings is 2. The first-order valence-corrected chi connectivity index (χ1v) is 12.2. The third kappa shape index (κ3) is 4.23. The molecule has 0 amide bonds. The Morgan fingerprint density at radius 2 is 1.11 bits per heavy atom. The van der Waals surface area contributed by atoms with Crippen LogP contribution in [0.1, 0.15) is 24.6 Å². The van der Waals surface area contributed by atoms with Crippen molar-refractivity contribution < 1.29 is 18.0 Å². The zero-order chi connectivity index (χ0) is 19.3. The highest BCUT2D eigenvalue weighted by atomic mass is 33.1. The quantitative estimate of drug-likeness (QED) is 0.213. The Labute approximate surface area is 173 Å². The Morgan fingerprint density at radius 3 is 1.57 bits per heavy atom. The Morgan fingerprint density at radius 1 is 0.679 bits per heavy atom. The summed E-state index contributed by atoms with van der Waals surface area (Å²) in [7, 11) is 3.94. The van der Waals surface area contributed by atoms with E-state index in [9.17, 15) is 0 Å². The number of hydrogen-bond acceptors (Lipinski definition) is 4. The van der Waals surface area contributed by atoms with Gasteiger partial charge in [-0.15, -0.1) is 0 Å². The fourth-order valence-corrected chi connectivity index (χ4v) is 5.68. The summed E-state index contributed by atoms with van der Waals surface area (Å²) in [4.78, 5) is 0. The number of fused-ring (bicyclic) bond motifs is 2. The number of aryl methyl sites for hydroxylation is 4. The van der Waals surface area contributed by atoms with E-state index in [0.717, 1.165) is 60.4 Å².